The number of carbonyl (C=O) groups is 1. The zero-order valence-electron chi connectivity index (χ0n) is 17.5. The third kappa shape index (κ3) is 5.06. The van der Waals surface area contributed by atoms with Crippen molar-refractivity contribution < 1.29 is 19.0 Å². The van der Waals surface area contributed by atoms with Crippen molar-refractivity contribution in [2.75, 3.05) is 6.61 Å². The second-order valence-corrected chi connectivity index (χ2v) is 7.91. The summed E-state index contributed by atoms with van der Waals surface area (Å²) in [4.78, 5) is 10.8. The minimum absolute atomic E-state index is 0.129. The van der Waals surface area contributed by atoms with Gasteiger partial charge >= 0.3 is 5.97 Å². The first-order valence-electron chi connectivity index (χ1n) is 10.3. The smallest absolute Gasteiger partial charge is 0.303 e. The van der Waals surface area contributed by atoms with E-state index in [9.17, 15) is 9.18 Å². The quantitative estimate of drug-likeness (QED) is 0.608. The van der Waals surface area contributed by atoms with Gasteiger partial charge in [0.05, 0.1) is 0 Å². The normalized spacial score (nSPS) is 14.2. The number of carboxylic acids is 1. The van der Waals surface area contributed by atoms with Gasteiger partial charge in [-0.05, 0) is 104 Å². The maximum atomic E-state index is 14.1. The molecule has 0 aliphatic heterocycles. The van der Waals surface area contributed by atoms with Crippen molar-refractivity contribution in [1.29, 1.82) is 0 Å². The summed E-state index contributed by atoms with van der Waals surface area (Å²) >= 11 is 0. The molecule has 0 atom stereocenters. The lowest BCUT2D eigenvalue weighted by molar-refractivity contribution is -0.136. The van der Waals surface area contributed by atoms with E-state index in [4.69, 9.17) is 9.84 Å². The summed E-state index contributed by atoms with van der Waals surface area (Å²) in [6, 6.07) is 9.39. The Balaban J connectivity index is 1.79. The fourth-order valence-electron chi connectivity index (χ4n) is 3.94. The van der Waals surface area contributed by atoms with E-state index < -0.39 is 5.97 Å². The number of carboxylic acid groups (broad SMARTS) is 1. The summed E-state index contributed by atoms with van der Waals surface area (Å²) in [5.41, 5.74) is 7.26. The first-order chi connectivity index (χ1) is 13.9. The van der Waals surface area contributed by atoms with Gasteiger partial charge in [0, 0.05) is 6.42 Å². The molecule has 1 aliphatic rings. The minimum atomic E-state index is -0.785. The molecule has 0 aromatic heterocycles. The van der Waals surface area contributed by atoms with Crippen LogP contribution in [-0.4, -0.2) is 17.7 Å². The molecule has 0 fully saturated rings. The molecule has 0 saturated carbocycles. The molecular weight excluding hydrogens is 367 g/mol. The van der Waals surface area contributed by atoms with Crippen LogP contribution in [0.4, 0.5) is 4.39 Å². The number of ether oxygens (including phenoxy) is 1. The predicted molar refractivity (Wildman–Crippen MR) is 114 cm³/mol. The molecule has 0 spiro atoms. The van der Waals surface area contributed by atoms with E-state index in [-0.39, 0.29) is 12.2 Å². The van der Waals surface area contributed by atoms with Crippen LogP contribution in [0.1, 0.15) is 59.9 Å². The summed E-state index contributed by atoms with van der Waals surface area (Å²) in [5.74, 6) is -0.120. The van der Waals surface area contributed by atoms with Crippen molar-refractivity contribution in [3.63, 3.8) is 0 Å². The van der Waals surface area contributed by atoms with Crippen LogP contribution in [0.25, 0.3) is 5.57 Å². The Labute approximate surface area is 172 Å². The molecule has 3 rings (SSSR count). The highest BCUT2D eigenvalue weighted by atomic mass is 19.1. The van der Waals surface area contributed by atoms with Crippen LogP contribution in [0.3, 0.4) is 0 Å². The summed E-state index contributed by atoms with van der Waals surface area (Å²) in [7, 11) is 0. The van der Waals surface area contributed by atoms with Crippen molar-refractivity contribution in [2.45, 2.75) is 59.3 Å². The largest absolute Gasteiger partial charge is 0.489 e. The van der Waals surface area contributed by atoms with Gasteiger partial charge in [-0.15, -0.1) is 0 Å². The molecule has 2 aromatic carbocycles. The van der Waals surface area contributed by atoms with E-state index in [1.165, 1.54) is 11.1 Å². The highest BCUT2D eigenvalue weighted by molar-refractivity contribution is 5.70. The number of aliphatic carboxylic acids is 1. The molecule has 4 heteroatoms. The standard InChI is InChI=1S/C25H29FO3/c1-16-8-9-20(14-23(16)26)22-7-5-4-6-21(22)15-29-24-12-10-19(11-13-25(27)28)17(2)18(24)3/h8-10,12,14H,4-7,11,13,15H2,1-3H3,(H,27,28). The van der Waals surface area contributed by atoms with Crippen LogP contribution in [0, 0.1) is 26.6 Å². The fourth-order valence-corrected chi connectivity index (χ4v) is 3.94. The average molecular weight is 397 g/mol. The van der Waals surface area contributed by atoms with Gasteiger partial charge < -0.3 is 9.84 Å². The average Bonchev–Trinajstić information content (AvgIpc) is 2.70. The van der Waals surface area contributed by atoms with Crippen LogP contribution in [0.15, 0.2) is 35.9 Å². The number of hydrogen-bond acceptors (Lipinski definition) is 2. The Morgan fingerprint density at radius 3 is 2.55 bits per heavy atom. The lowest BCUT2D eigenvalue weighted by atomic mass is 9.87. The topological polar surface area (TPSA) is 46.5 Å². The summed E-state index contributed by atoms with van der Waals surface area (Å²) in [6.07, 6.45) is 4.82. The van der Waals surface area contributed by atoms with E-state index >= 15 is 0 Å². The van der Waals surface area contributed by atoms with Gasteiger partial charge in [-0.1, -0.05) is 18.2 Å². The Bertz CT molecular complexity index is 943. The maximum absolute atomic E-state index is 14.1. The van der Waals surface area contributed by atoms with E-state index in [1.54, 1.807) is 13.0 Å². The van der Waals surface area contributed by atoms with E-state index in [0.717, 1.165) is 53.7 Å². The summed E-state index contributed by atoms with van der Waals surface area (Å²) in [5, 5.41) is 8.92. The van der Waals surface area contributed by atoms with Gasteiger partial charge in [0.1, 0.15) is 18.2 Å². The Kier molecular flexibility index (Phi) is 6.73. The molecule has 1 N–H and O–H groups in total. The number of allylic oxidation sites excluding steroid dienone is 1. The molecule has 154 valence electrons. The molecule has 0 amide bonds. The van der Waals surface area contributed by atoms with Gasteiger partial charge in [-0.2, -0.15) is 0 Å². The second kappa shape index (κ2) is 9.25. The summed E-state index contributed by atoms with van der Waals surface area (Å²) in [6.45, 7) is 6.31. The first kappa shape index (κ1) is 21.1. The maximum Gasteiger partial charge on any atom is 0.303 e. The van der Waals surface area contributed by atoms with Crippen molar-refractivity contribution in [3.8, 4) is 5.75 Å². The predicted octanol–water partition coefficient (Wildman–Crippen LogP) is 6.17. The molecule has 1 aliphatic carbocycles. The van der Waals surface area contributed by atoms with Crippen molar-refractivity contribution in [2.24, 2.45) is 0 Å². The lowest BCUT2D eigenvalue weighted by Gasteiger charge is -2.22. The van der Waals surface area contributed by atoms with Crippen molar-refractivity contribution in [3.05, 3.63) is 69.5 Å². The Morgan fingerprint density at radius 2 is 1.83 bits per heavy atom. The molecule has 29 heavy (non-hydrogen) atoms. The number of benzene rings is 2. The van der Waals surface area contributed by atoms with Crippen LogP contribution in [0.5, 0.6) is 5.75 Å². The first-order valence-corrected chi connectivity index (χ1v) is 10.3. The third-order valence-corrected chi connectivity index (χ3v) is 5.96. The SMILES string of the molecule is Cc1ccc(C2=C(COc3ccc(CCC(=O)O)c(C)c3C)CCCC2)cc1F. The molecule has 0 unspecified atom stereocenters. The van der Waals surface area contributed by atoms with Crippen LogP contribution < -0.4 is 4.74 Å². The highest BCUT2D eigenvalue weighted by Crippen LogP contribution is 2.34. The van der Waals surface area contributed by atoms with Crippen molar-refractivity contribution >= 4 is 11.5 Å². The van der Waals surface area contributed by atoms with Crippen LogP contribution in [0.2, 0.25) is 0 Å². The van der Waals surface area contributed by atoms with Gasteiger partial charge in [0.2, 0.25) is 0 Å². The lowest BCUT2D eigenvalue weighted by Crippen LogP contribution is -2.10. The van der Waals surface area contributed by atoms with Gasteiger partial charge in [-0.3, -0.25) is 4.79 Å². The monoisotopic (exact) mass is 396 g/mol. The second-order valence-electron chi connectivity index (χ2n) is 7.91. The fraction of sp³-hybridized carbons (Fsp3) is 0.400. The highest BCUT2D eigenvalue weighted by Gasteiger charge is 2.17. The molecular formula is C25H29FO3. The molecule has 3 nitrogen and oxygen atoms in total. The number of aryl methyl sites for hydroxylation is 2. The van der Waals surface area contributed by atoms with E-state index in [1.807, 2.05) is 38.1 Å². The molecule has 0 saturated heterocycles. The van der Waals surface area contributed by atoms with Crippen molar-refractivity contribution in [1.82, 2.24) is 0 Å². The molecule has 0 radical (unpaired) electrons. The van der Waals surface area contributed by atoms with E-state index in [0.29, 0.717) is 18.6 Å². The number of rotatable bonds is 7. The number of halogens is 1. The Morgan fingerprint density at radius 1 is 1.07 bits per heavy atom. The van der Waals surface area contributed by atoms with Gasteiger partial charge in [0.25, 0.3) is 0 Å². The zero-order chi connectivity index (χ0) is 21.0. The minimum Gasteiger partial charge on any atom is -0.489 e. The Hall–Kier alpha value is -2.62. The van der Waals surface area contributed by atoms with Gasteiger partial charge in [-0.25, -0.2) is 4.39 Å². The summed E-state index contributed by atoms with van der Waals surface area (Å²) < 4.78 is 20.2. The van der Waals surface area contributed by atoms with Crippen LogP contribution in [-0.2, 0) is 11.2 Å². The zero-order valence-corrected chi connectivity index (χ0v) is 17.5. The molecule has 2 aromatic rings. The molecule has 0 heterocycles. The van der Waals surface area contributed by atoms with E-state index in [2.05, 4.69) is 0 Å². The van der Waals surface area contributed by atoms with Gasteiger partial charge in [0.15, 0.2) is 0 Å². The number of hydrogen-bond donors (Lipinski definition) is 1. The van der Waals surface area contributed by atoms with Crippen LogP contribution >= 0.6 is 0 Å². The molecule has 0 bridgehead atoms. The third-order valence-electron chi connectivity index (χ3n) is 5.96.